The Morgan fingerprint density at radius 3 is 2.35 bits per heavy atom. The highest BCUT2D eigenvalue weighted by Gasteiger charge is 2.36. The largest absolute Gasteiger partial charge is 0.480 e. The topological polar surface area (TPSA) is 83.5 Å². The maximum Gasteiger partial charge on any atom is 0.418 e. The smallest absolute Gasteiger partial charge is 0.418 e. The molecule has 1 rings (SSSR count). The van der Waals surface area contributed by atoms with Gasteiger partial charge in [0.1, 0.15) is 5.82 Å². The van der Waals surface area contributed by atoms with Gasteiger partial charge in [-0.05, 0) is 25.1 Å². The molecular formula is C10H9F4NO4S. The molecule has 2 N–H and O–H groups in total. The van der Waals surface area contributed by atoms with Crippen molar-refractivity contribution in [2.45, 2.75) is 18.3 Å². The van der Waals surface area contributed by atoms with Crippen molar-refractivity contribution in [3.05, 3.63) is 29.6 Å². The summed E-state index contributed by atoms with van der Waals surface area (Å²) in [6.07, 6.45) is -4.99. The molecule has 112 valence electrons. The number of hydrogen-bond donors (Lipinski definition) is 2. The van der Waals surface area contributed by atoms with E-state index < -0.39 is 44.5 Å². The first-order chi connectivity index (χ1) is 8.95. The molecule has 1 atom stereocenters. The molecule has 0 aliphatic heterocycles. The zero-order valence-electron chi connectivity index (χ0n) is 9.90. The maximum absolute atomic E-state index is 12.8. The number of aliphatic carboxylic acids is 1. The highest BCUT2D eigenvalue weighted by Crippen LogP contribution is 2.35. The van der Waals surface area contributed by atoms with Crippen molar-refractivity contribution >= 4 is 21.7 Å². The lowest BCUT2D eigenvalue weighted by Crippen LogP contribution is -2.32. The van der Waals surface area contributed by atoms with E-state index in [2.05, 4.69) is 0 Å². The van der Waals surface area contributed by atoms with Gasteiger partial charge < -0.3 is 5.11 Å². The molecule has 0 fully saturated rings. The summed E-state index contributed by atoms with van der Waals surface area (Å²) in [6, 6.07) is 1.31. The molecule has 10 heteroatoms. The normalized spacial score (nSPS) is 13.8. The van der Waals surface area contributed by atoms with E-state index in [-0.39, 0.29) is 6.07 Å². The molecule has 0 aliphatic rings. The van der Waals surface area contributed by atoms with E-state index in [0.717, 1.165) is 6.92 Å². The molecule has 0 saturated heterocycles. The number of anilines is 1. The van der Waals surface area contributed by atoms with Crippen molar-refractivity contribution in [2.24, 2.45) is 0 Å². The van der Waals surface area contributed by atoms with Gasteiger partial charge in [-0.1, -0.05) is 0 Å². The number of hydrogen-bond acceptors (Lipinski definition) is 3. The number of sulfonamides is 1. The van der Waals surface area contributed by atoms with Gasteiger partial charge >= 0.3 is 12.1 Å². The van der Waals surface area contributed by atoms with Crippen LogP contribution in [0.15, 0.2) is 18.2 Å². The second kappa shape index (κ2) is 5.27. The van der Waals surface area contributed by atoms with Gasteiger partial charge in [0.15, 0.2) is 5.25 Å². The molecule has 0 radical (unpaired) electrons. The van der Waals surface area contributed by atoms with Gasteiger partial charge in [0, 0.05) is 0 Å². The monoisotopic (exact) mass is 315 g/mol. The summed E-state index contributed by atoms with van der Waals surface area (Å²) in [4.78, 5) is 10.6. The van der Waals surface area contributed by atoms with E-state index in [9.17, 15) is 30.8 Å². The lowest BCUT2D eigenvalue weighted by molar-refractivity contribution is -0.137. The maximum atomic E-state index is 12.8. The van der Waals surface area contributed by atoms with Crippen LogP contribution in [0.25, 0.3) is 0 Å². The number of carbonyl (C=O) groups is 1. The van der Waals surface area contributed by atoms with E-state index >= 15 is 0 Å². The molecular weight excluding hydrogens is 306 g/mol. The first-order valence-electron chi connectivity index (χ1n) is 5.06. The van der Waals surface area contributed by atoms with Crippen LogP contribution in [0, 0.1) is 5.82 Å². The highest BCUT2D eigenvalue weighted by molar-refractivity contribution is 7.94. The van der Waals surface area contributed by atoms with Gasteiger partial charge in [0.25, 0.3) is 0 Å². The molecule has 0 heterocycles. The van der Waals surface area contributed by atoms with E-state index in [1.807, 2.05) is 0 Å². The quantitative estimate of drug-likeness (QED) is 0.833. The molecule has 1 unspecified atom stereocenters. The van der Waals surface area contributed by atoms with Gasteiger partial charge in [0.05, 0.1) is 11.3 Å². The predicted molar refractivity (Wildman–Crippen MR) is 61.0 cm³/mol. The summed E-state index contributed by atoms with van der Waals surface area (Å²) in [7, 11) is -4.58. The molecule has 0 amide bonds. The lowest BCUT2D eigenvalue weighted by Gasteiger charge is -2.16. The van der Waals surface area contributed by atoms with Crippen molar-refractivity contribution in [1.29, 1.82) is 0 Å². The van der Waals surface area contributed by atoms with Crippen LogP contribution in [-0.2, 0) is 21.0 Å². The Balaban J connectivity index is 3.26. The summed E-state index contributed by atoms with van der Waals surface area (Å²) in [5.41, 5.74) is -2.48. The number of alkyl halides is 3. The second-order valence-corrected chi connectivity index (χ2v) is 5.82. The second-order valence-electron chi connectivity index (χ2n) is 3.82. The zero-order chi connectivity index (χ0) is 15.7. The van der Waals surface area contributed by atoms with Crippen molar-refractivity contribution in [2.75, 3.05) is 4.72 Å². The fraction of sp³-hybridized carbons (Fsp3) is 0.300. The third kappa shape index (κ3) is 3.59. The van der Waals surface area contributed by atoms with Gasteiger partial charge in [-0.15, -0.1) is 0 Å². The Morgan fingerprint density at radius 1 is 1.35 bits per heavy atom. The minimum absolute atomic E-state index is 0.114. The summed E-state index contributed by atoms with van der Waals surface area (Å²) in [5.74, 6) is -2.93. The fourth-order valence-electron chi connectivity index (χ4n) is 1.21. The molecule has 20 heavy (non-hydrogen) atoms. The Hall–Kier alpha value is -1.84. The van der Waals surface area contributed by atoms with Crippen LogP contribution in [0.2, 0.25) is 0 Å². The Morgan fingerprint density at radius 2 is 1.90 bits per heavy atom. The van der Waals surface area contributed by atoms with Crippen LogP contribution < -0.4 is 4.72 Å². The van der Waals surface area contributed by atoms with Crippen molar-refractivity contribution in [3.63, 3.8) is 0 Å². The summed E-state index contributed by atoms with van der Waals surface area (Å²) in [6.45, 7) is 0.793. The summed E-state index contributed by atoms with van der Waals surface area (Å²) in [5, 5.41) is 6.60. The Kier molecular flexibility index (Phi) is 4.27. The number of rotatable bonds is 4. The van der Waals surface area contributed by atoms with Gasteiger partial charge in [-0.2, -0.15) is 13.2 Å². The van der Waals surface area contributed by atoms with Crippen LogP contribution in [0.3, 0.4) is 0 Å². The minimum Gasteiger partial charge on any atom is -0.480 e. The van der Waals surface area contributed by atoms with E-state index in [4.69, 9.17) is 5.11 Å². The number of benzene rings is 1. The van der Waals surface area contributed by atoms with Gasteiger partial charge in [-0.3, -0.25) is 9.52 Å². The van der Waals surface area contributed by atoms with Crippen LogP contribution in [0.1, 0.15) is 12.5 Å². The lowest BCUT2D eigenvalue weighted by atomic mass is 10.2. The van der Waals surface area contributed by atoms with Crippen LogP contribution in [0.4, 0.5) is 23.2 Å². The van der Waals surface area contributed by atoms with Crippen molar-refractivity contribution in [1.82, 2.24) is 0 Å². The molecule has 1 aromatic rings. The molecule has 0 spiro atoms. The summed E-state index contributed by atoms with van der Waals surface area (Å²) >= 11 is 0. The average Bonchev–Trinajstić information content (AvgIpc) is 2.28. The highest BCUT2D eigenvalue weighted by atomic mass is 32.2. The first-order valence-corrected chi connectivity index (χ1v) is 6.61. The summed E-state index contributed by atoms with van der Waals surface area (Å²) < 4.78 is 75.4. The molecule has 0 aromatic heterocycles. The van der Waals surface area contributed by atoms with Gasteiger partial charge in [0.2, 0.25) is 10.0 Å². The van der Waals surface area contributed by atoms with E-state index in [1.54, 1.807) is 0 Å². The average molecular weight is 315 g/mol. The number of carboxylic acids is 1. The van der Waals surface area contributed by atoms with Crippen LogP contribution in [0.5, 0.6) is 0 Å². The van der Waals surface area contributed by atoms with Crippen molar-refractivity contribution < 1.29 is 35.9 Å². The number of carboxylic acid groups (broad SMARTS) is 1. The third-order valence-corrected chi connectivity index (χ3v) is 3.99. The number of nitrogens with one attached hydrogen (secondary N) is 1. The first kappa shape index (κ1) is 16.2. The molecule has 1 aromatic carbocycles. The SMILES string of the molecule is CC(C(=O)O)S(=O)(=O)Nc1ccc(F)cc1C(F)(F)F. The van der Waals surface area contributed by atoms with Crippen molar-refractivity contribution in [3.8, 4) is 0 Å². The molecule has 0 aliphatic carbocycles. The fourth-order valence-corrected chi connectivity index (χ4v) is 2.14. The Labute approximate surface area is 111 Å². The standard InChI is InChI=1S/C10H9F4NO4S/c1-5(9(16)17)20(18,19)15-8-3-2-6(11)4-7(8)10(12,13)14/h2-5,15H,1H3,(H,16,17). The Bertz CT molecular complexity index is 627. The number of halogens is 4. The minimum atomic E-state index is -4.99. The van der Waals surface area contributed by atoms with E-state index in [1.165, 1.54) is 4.72 Å². The molecule has 5 nitrogen and oxygen atoms in total. The van der Waals surface area contributed by atoms with Gasteiger partial charge in [-0.25, -0.2) is 12.8 Å². The van der Waals surface area contributed by atoms with E-state index in [0.29, 0.717) is 12.1 Å². The molecule has 0 bridgehead atoms. The predicted octanol–water partition coefficient (Wildman–Crippen LogP) is 2.06. The zero-order valence-corrected chi connectivity index (χ0v) is 10.7. The molecule has 0 saturated carbocycles. The van der Waals surface area contributed by atoms with Crippen LogP contribution >= 0.6 is 0 Å². The third-order valence-electron chi connectivity index (χ3n) is 2.35. The van der Waals surface area contributed by atoms with Crippen LogP contribution in [-0.4, -0.2) is 24.7 Å².